The first-order valence-electron chi connectivity index (χ1n) is 8.77. The smallest absolute Gasteiger partial charge is 0.255 e. The summed E-state index contributed by atoms with van der Waals surface area (Å²) in [6.45, 7) is 2.02. The molecular formula is C22H20ClN3O2. The van der Waals surface area contributed by atoms with Gasteiger partial charge in [0.1, 0.15) is 0 Å². The van der Waals surface area contributed by atoms with Gasteiger partial charge in [-0.1, -0.05) is 41.9 Å². The maximum atomic E-state index is 12.3. The number of carbonyl (C=O) groups excluding carboxylic acids is 2. The van der Waals surface area contributed by atoms with Crippen LogP contribution in [0.3, 0.4) is 0 Å². The SMILES string of the molecule is Cc1ccc(NC(=O)c2ccccc2)cc1NCC(=O)Nc1cccc(Cl)c1. The number of halogens is 1. The number of aryl methyl sites for hydroxylation is 1. The van der Waals surface area contributed by atoms with E-state index in [-0.39, 0.29) is 18.4 Å². The Morgan fingerprint density at radius 1 is 0.857 bits per heavy atom. The minimum atomic E-state index is -0.194. The third-order valence-corrected chi connectivity index (χ3v) is 4.31. The third kappa shape index (κ3) is 5.34. The molecule has 0 aromatic heterocycles. The van der Waals surface area contributed by atoms with E-state index in [0.29, 0.717) is 22.0 Å². The van der Waals surface area contributed by atoms with E-state index in [1.165, 1.54) is 0 Å². The third-order valence-electron chi connectivity index (χ3n) is 4.08. The highest BCUT2D eigenvalue weighted by molar-refractivity contribution is 6.30. The topological polar surface area (TPSA) is 70.2 Å². The number of rotatable bonds is 6. The summed E-state index contributed by atoms with van der Waals surface area (Å²) in [6.07, 6.45) is 0. The summed E-state index contributed by atoms with van der Waals surface area (Å²) < 4.78 is 0. The molecule has 0 aliphatic heterocycles. The number of anilines is 3. The van der Waals surface area contributed by atoms with Crippen molar-refractivity contribution < 1.29 is 9.59 Å². The van der Waals surface area contributed by atoms with Crippen molar-refractivity contribution in [1.29, 1.82) is 0 Å². The maximum Gasteiger partial charge on any atom is 0.255 e. The van der Waals surface area contributed by atoms with Crippen molar-refractivity contribution in [2.45, 2.75) is 6.92 Å². The fourth-order valence-electron chi connectivity index (χ4n) is 2.63. The van der Waals surface area contributed by atoms with E-state index in [4.69, 9.17) is 11.6 Å². The monoisotopic (exact) mass is 393 g/mol. The highest BCUT2D eigenvalue weighted by Crippen LogP contribution is 2.21. The minimum Gasteiger partial charge on any atom is -0.376 e. The van der Waals surface area contributed by atoms with Crippen molar-refractivity contribution in [3.05, 3.63) is 88.9 Å². The fraction of sp³-hybridized carbons (Fsp3) is 0.0909. The predicted molar refractivity (Wildman–Crippen MR) is 114 cm³/mol. The van der Waals surface area contributed by atoms with Crippen molar-refractivity contribution in [1.82, 2.24) is 0 Å². The summed E-state index contributed by atoms with van der Waals surface area (Å²) in [6, 6.07) is 21.5. The maximum absolute atomic E-state index is 12.3. The average Bonchev–Trinajstić information content (AvgIpc) is 2.69. The lowest BCUT2D eigenvalue weighted by atomic mass is 10.1. The molecule has 0 aliphatic rings. The molecular weight excluding hydrogens is 374 g/mol. The van der Waals surface area contributed by atoms with Gasteiger partial charge < -0.3 is 16.0 Å². The molecule has 0 atom stereocenters. The number of hydrogen-bond acceptors (Lipinski definition) is 3. The number of hydrogen-bond donors (Lipinski definition) is 3. The highest BCUT2D eigenvalue weighted by Gasteiger charge is 2.08. The Morgan fingerprint density at radius 2 is 1.61 bits per heavy atom. The van der Waals surface area contributed by atoms with Crippen LogP contribution in [-0.4, -0.2) is 18.4 Å². The van der Waals surface area contributed by atoms with Gasteiger partial charge in [-0.3, -0.25) is 9.59 Å². The summed E-state index contributed by atoms with van der Waals surface area (Å²) in [5, 5.41) is 9.31. The minimum absolute atomic E-state index is 0.0867. The van der Waals surface area contributed by atoms with Crippen LogP contribution in [0, 0.1) is 6.92 Å². The van der Waals surface area contributed by atoms with Gasteiger partial charge in [-0.15, -0.1) is 0 Å². The van der Waals surface area contributed by atoms with Crippen molar-refractivity contribution in [3.8, 4) is 0 Å². The summed E-state index contributed by atoms with van der Waals surface area (Å²) in [7, 11) is 0. The molecule has 0 spiro atoms. The van der Waals surface area contributed by atoms with Gasteiger partial charge in [-0.05, 0) is 55.0 Å². The van der Waals surface area contributed by atoms with Gasteiger partial charge in [0, 0.05) is 27.6 Å². The molecule has 28 heavy (non-hydrogen) atoms. The molecule has 6 heteroatoms. The van der Waals surface area contributed by atoms with Crippen LogP contribution in [0.4, 0.5) is 17.1 Å². The lowest BCUT2D eigenvalue weighted by Gasteiger charge is -2.13. The number of carbonyl (C=O) groups is 2. The summed E-state index contributed by atoms with van der Waals surface area (Å²) >= 11 is 5.92. The van der Waals surface area contributed by atoms with Crippen LogP contribution in [0.5, 0.6) is 0 Å². The largest absolute Gasteiger partial charge is 0.376 e. The van der Waals surface area contributed by atoms with E-state index >= 15 is 0 Å². The van der Waals surface area contributed by atoms with Gasteiger partial charge in [0.05, 0.1) is 6.54 Å². The number of amides is 2. The summed E-state index contributed by atoms with van der Waals surface area (Å²) in [5.74, 6) is -0.380. The summed E-state index contributed by atoms with van der Waals surface area (Å²) in [5.41, 5.74) is 3.61. The second-order valence-electron chi connectivity index (χ2n) is 6.26. The van der Waals surface area contributed by atoms with Gasteiger partial charge in [0.15, 0.2) is 0 Å². The Morgan fingerprint density at radius 3 is 2.36 bits per heavy atom. The zero-order valence-electron chi connectivity index (χ0n) is 15.3. The Labute approximate surface area is 168 Å². The zero-order valence-corrected chi connectivity index (χ0v) is 16.1. The Balaban J connectivity index is 1.61. The molecule has 0 bridgehead atoms. The summed E-state index contributed by atoms with van der Waals surface area (Å²) in [4.78, 5) is 24.5. The molecule has 3 N–H and O–H groups in total. The van der Waals surface area contributed by atoms with Crippen LogP contribution in [0.25, 0.3) is 0 Å². The van der Waals surface area contributed by atoms with E-state index in [1.54, 1.807) is 36.4 Å². The number of benzene rings is 3. The van der Waals surface area contributed by atoms with Crippen LogP contribution in [0.15, 0.2) is 72.8 Å². The molecule has 3 rings (SSSR count). The van der Waals surface area contributed by atoms with Crippen LogP contribution in [0.1, 0.15) is 15.9 Å². The lowest BCUT2D eigenvalue weighted by molar-refractivity contribution is -0.114. The van der Waals surface area contributed by atoms with Gasteiger partial charge in [-0.2, -0.15) is 0 Å². The first kappa shape index (κ1) is 19.5. The van der Waals surface area contributed by atoms with E-state index in [1.807, 2.05) is 43.3 Å². The van der Waals surface area contributed by atoms with Crippen molar-refractivity contribution >= 4 is 40.5 Å². The van der Waals surface area contributed by atoms with E-state index in [9.17, 15) is 9.59 Å². The van der Waals surface area contributed by atoms with Gasteiger partial charge in [0.25, 0.3) is 5.91 Å². The zero-order chi connectivity index (χ0) is 19.9. The second kappa shape index (κ2) is 9.06. The van der Waals surface area contributed by atoms with Crippen molar-refractivity contribution in [2.24, 2.45) is 0 Å². The average molecular weight is 394 g/mol. The predicted octanol–water partition coefficient (Wildman–Crippen LogP) is 4.95. The van der Waals surface area contributed by atoms with Gasteiger partial charge >= 0.3 is 0 Å². The molecule has 0 fully saturated rings. The van der Waals surface area contributed by atoms with Crippen molar-refractivity contribution in [2.75, 3.05) is 22.5 Å². The quantitative estimate of drug-likeness (QED) is 0.554. The molecule has 5 nitrogen and oxygen atoms in total. The Hall–Kier alpha value is -3.31. The molecule has 0 aliphatic carbocycles. The van der Waals surface area contributed by atoms with Crippen molar-refractivity contribution in [3.63, 3.8) is 0 Å². The Bertz CT molecular complexity index is 990. The lowest BCUT2D eigenvalue weighted by Crippen LogP contribution is -2.22. The normalized spacial score (nSPS) is 10.2. The molecule has 3 aromatic carbocycles. The van der Waals surface area contributed by atoms with Gasteiger partial charge in [0.2, 0.25) is 5.91 Å². The van der Waals surface area contributed by atoms with Crippen LogP contribution in [-0.2, 0) is 4.79 Å². The highest BCUT2D eigenvalue weighted by atomic mass is 35.5. The first-order chi connectivity index (χ1) is 13.5. The Kier molecular flexibility index (Phi) is 6.29. The fourth-order valence-corrected chi connectivity index (χ4v) is 2.82. The molecule has 0 saturated carbocycles. The molecule has 0 heterocycles. The number of nitrogens with one attached hydrogen (secondary N) is 3. The molecule has 0 unspecified atom stereocenters. The van der Waals surface area contributed by atoms with E-state index < -0.39 is 0 Å². The van der Waals surface area contributed by atoms with E-state index in [2.05, 4.69) is 16.0 Å². The van der Waals surface area contributed by atoms with Gasteiger partial charge in [-0.25, -0.2) is 0 Å². The molecule has 142 valence electrons. The van der Waals surface area contributed by atoms with E-state index in [0.717, 1.165) is 11.3 Å². The second-order valence-corrected chi connectivity index (χ2v) is 6.70. The molecule has 2 amide bonds. The molecule has 0 saturated heterocycles. The van der Waals surface area contributed by atoms with Crippen LogP contribution >= 0.6 is 11.6 Å². The first-order valence-corrected chi connectivity index (χ1v) is 9.15. The van der Waals surface area contributed by atoms with Crippen LogP contribution < -0.4 is 16.0 Å². The molecule has 3 aromatic rings. The molecule has 0 radical (unpaired) electrons. The van der Waals surface area contributed by atoms with Crippen LogP contribution in [0.2, 0.25) is 5.02 Å². The standard InChI is InChI=1S/C22H20ClN3O2/c1-15-10-11-19(26-22(28)16-6-3-2-4-7-16)13-20(15)24-14-21(27)25-18-9-5-8-17(23)12-18/h2-13,24H,14H2,1H3,(H,25,27)(H,26,28).